The van der Waals surface area contributed by atoms with Crippen LogP contribution in [0, 0.1) is 0 Å². The smallest absolute Gasteiger partial charge is 0.199 e. The number of likely N-dealkylation sites (tertiary alicyclic amines) is 1. The Balaban J connectivity index is 1.43. The zero-order valence-corrected chi connectivity index (χ0v) is 18.9. The fourth-order valence-electron chi connectivity index (χ4n) is 4.97. The minimum atomic E-state index is -0.290. The van der Waals surface area contributed by atoms with Crippen molar-refractivity contribution < 1.29 is 9.21 Å². The van der Waals surface area contributed by atoms with Crippen LogP contribution in [0.25, 0.3) is 16.7 Å². The number of hydrogen-bond acceptors (Lipinski definition) is 6. The lowest BCUT2D eigenvalue weighted by Crippen LogP contribution is -2.54. The molecule has 0 radical (unpaired) electrons. The van der Waals surface area contributed by atoms with Crippen molar-refractivity contribution >= 4 is 34.6 Å². The molecule has 0 bridgehead atoms. The molecule has 5 rings (SSSR count). The number of hydrogen-bond donors (Lipinski definition) is 0. The summed E-state index contributed by atoms with van der Waals surface area (Å²) in [5.74, 6) is 1.53. The Labute approximate surface area is 192 Å². The molecule has 3 aromatic rings. The van der Waals surface area contributed by atoms with Crippen molar-refractivity contribution in [3.8, 4) is 0 Å². The molecule has 164 valence electrons. The molecule has 0 spiro atoms. The molecule has 2 aliphatic rings. The molecule has 1 saturated heterocycles. The van der Waals surface area contributed by atoms with Gasteiger partial charge in [-0.15, -0.1) is 0 Å². The number of carbonyl (C=O) groups is 1. The maximum atomic E-state index is 12.0. The van der Waals surface area contributed by atoms with Crippen LogP contribution in [0.4, 0.5) is 0 Å². The van der Waals surface area contributed by atoms with Crippen molar-refractivity contribution in [2.75, 3.05) is 6.54 Å². The van der Waals surface area contributed by atoms with Gasteiger partial charge in [0.15, 0.2) is 23.6 Å². The quantitative estimate of drug-likeness (QED) is 0.510. The Morgan fingerprint density at radius 1 is 1.25 bits per heavy atom. The third-order valence-corrected chi connectivity index (χ3v) is 6.92. The molecule has 1 unspecified atom stereocenters. The van der Waals surface area contributed by atoms with Crippen molar-refractivity contribution in [3.63, 3.8) is 0 Å². The number of rotatable bonds is 4. The second kappa shape index (κ2) is 8.26. The van der Waals surface area contributed by atoms with Crippen molar-refractivity contribution in [1.29, 1.82) is 0 Å². The second-order valence-electron chi connectivity index (χ2n) is 8.91. The SMILES string of the molecule is C[C@@H]1CC[C@@H](c2nc3cc(Cl)ccc3o2)CN1C1(C)C=C(C=O)C(c2ncccn2)=CC1. The third-order valence-electron chi connectivity index (χ3n) is 6.68. The average Bonchev–Trinajstić information content (AvgIpc) is 3.23. The lowest BCUT2D eigenvalue weighted by Gasteiger charge is -2.48. The Hall–Kier alpha value is -2.83. The van der Waals surface area contributed by atoms with Crippen LogP contribution < -0.4 is 0 Å². The summed E-state index contributed by atoms with van der Waals surface area (Å²) in [5.41, 5.74) is 2.70. The molecule has 1 aliphatic carbocycles. The molecule has 0 N–H and O–H groups in total. The minimum absolute atomic E-state index is 0.185. The highest BCUT2D eigenvalue weighted by atomic mass is 35.5. The van der Waals surface area contributed by atoms with E-state index in [1.165, 1.54) is 0 Å². The number of oxazole rings is 1. The molecule has 1 aromatic carbocycles. The predicted molar refractivity (Wildman–Crippen MR) is 124 cm³/mol. The van der Waals surface area contributed by atoms with Gasteiger partial charge in [-0.1, -0.05) is 23.8 Å². The minimum Gasteiger partial charge on any atom is -0.440 e. The summed E-state index contributed by atoms with van der Waals surface area (Å²) in [6, 6.07) is 7.69. The maximum absolute atomic E-state index is 12.0. The highest BCUT2D eigenvalue weighted by Gasteiger charge is 2.40. The van der Waals surface area contributed by atoms with Crippen LogP contribution in [0.15, 0.2) is 58.8 Å². The van der Waals surface area contributed by atoms with Crippen LogP contribution >= 0.6 is 11.6 Å². The van der Waals surface area contributed by atoms with Crippen molar-refractivity contribution in [3.05, 3.63) is 71.1 Å². The summed E-state index contributed by atoms with van der Waals surface area (Å²) < 4.78 is 6.09. The first-order valence-corrected chi connectivity index (χ1v) is 11.3. The molecule has 6 nitrogen and oxygen atoms in total. The zero-order chi connectivity index (χ0) is 22.3. The predicted octanol–water partition coefficient (Wildman–Crippen LogP) is 5.21. The van der Waals surface area contributed by atoms with Gasteiger partial charge in [0.1, 0.15) is 5.52 Å². The van der Waals surface area contributed by atoms with Gasteiger partial charge in [0, 0.05) is 52.6 Å². The van der Waals surface area contributed by atoms with E-state index in [0.29, 0.717) is 22.5 Å². The number of allylic oxidation sites excluding steroid dienone is 2. The summed E-state index contributed by atoms with van der Waals surface area (Å²) in [6.45, 7) is 5.26. The molecule has 32 heavy (non-hydrogen) atoms. The monoisotopic (exact) mass is 448 g/mol. The Morgan fingerprint density at radius 3 is 2.84 bits per heavy atom. The van der Waals surface area contributed by atoms with Gasteiger partial charge in [-0.2, -0.15) is 0 Å². The number of halogens is 1. The van der Waals surface area contributed by atoms with Crippen molar-refractivity contribution in [2.45, 2.75) is 50.6 Å². The van der Waals surface area contributed by atoms with Gasteiger partial charge in [0.2, 0.25) is 0 Å². The van der Waals surface area contributed by atoms with E-state index in [9.17, 15) is 4.79 Å². The standard InChI is InChI=1S/C25H25ClN4O2/c1-16-4-5-17(24-29-21-12-19(26)6-7-22(21)32-24)14-30(16)25(2)9-8-20(18(13-25)15-31)23-27-10-3-11-28-23/h3,6-8,10-13,15-17H,4-5,9,14H2,1-2H3/t16-,17-,25?/m1/s1. The lowest BCUT2D eigenvalue weighted by molar-refractivity contribution is -0.104. The van der Waals surface area contributed by atoms with E-state index in [1.54, 1.807) is 18.5 Å². The van der Waals surface area contributed by atoms with E-state index in [-0.39, 0.29) is 11.5 Å². The third kappa shape index (κ3) is 3.78. The lowest BCUT2D eigenvalue weighted by atomic mass is 9.80. The van der Waals surface area contributed by atoms with E-state index < -0.39 is 0 Å². The van der Waals surface area contributed by atoms with Gasteiger partial charge in [0.25, 0.3) is 0 Å². The highest BCUT2D eigenvalue weighted by molar-refractivity contribution is 6.31. The summed E-state index contributed by atoms with van der Waals surface area (Å²) in [7, 11) is 0. The van der Waals surface area contributed by atoms with Gasteiger partial charge >= 0.3 is 0 Å². The van der Waals surface area contributed by atoms with Gasteiger partial charge in [-0.3, -0.25) is 9.69 Å². The summed E-state index contributed by atoms with van der Waals surface area (Å²) in [4.78, 5) is 27.9. The first-order chi connectivity index (χ1) is 15.5. The van der Waals surface area contributed by atoms with E-state index in [4.69, 9.17) is 21.0 Å². The molecule has 3 heterocycles. The van der Waals surface area contributed by atoms with E-state index >= 15 is 0 Å². The highest BCUT2D eigenvalue weighted by Crippen LogP contribution is 2.40. The van der Waals surface area contributed by atoms with Gasteiger partial charge < -0.3 is 4.42 Å². The number of carbonyl (C=O) groups excluding carboxylic acids is 1. The number of aldehydes is 1. The Morgan fingerprint density at radius 2 is 2.06 bits per heavy atom. The first-order valence-electron chi connectivity index (χ1n) is 11.0. The van der Waals surface area contributed by atoms with E-state index in [0.717, 1.165) is 54.7 Å². The molecule has 1 aliphatic heterocycles. The van der Waals surface area contributed by atoms with Crippen LogP contribution in [0.3, 0.4) is 0 Å². The Bertz CT molecular complexity index is 1220. The van der Waals surface area contributed by atoms with E-state index in [2.05, 4.69) is 40.9 Å². The van der Waals surface area contributed by atoms with Crippen LogP contribution in [0.1, 0.15) is 50.7 Å². The number of aromatic nitrogens is 3. The largest absolute Gasteiger partial charge is 0.440 e. The van der Waals surface area contributed by atoms with Crippen LogP contribution in [-0.2, 0) is 4.79 Å². The Kier molecular flexibility index (Phi) is 5.43. The molecule has 1 fully saturated rings. The van der Waals surface area contributed by atoms with Crippen LogP contribution in [0.2, 0.25) is 5.02 Å². The van der Waals surface area contributed by atoms with Crippen LogP contribution in [0.5, 0.6) is 0 Å². The summed E-state index contributed by atoms with van der Waals surface area (Å²) in [6.07, 6.45) is 11.3. The van der Waals surface area contributed by atoms with E-state index in [1.807, 2.05) is 18.2 Å². The fraction of sp³-hybridized carbons (Fsp3) is 0.360. The molecular formula is C25H25ClN4O2. The topological polar surface area (TPSA) is 72.1 Å². The summed E-state index contributed by atoms with van der Waals surface area (Å²) >= 11 is 6.12. The molecular weight excluding hydrogens is 424 g/mol. The van der Waals surface area contributed by atoms with Crippen LogP contribution in [-0.4, -0.2) is 44.3 Å². The fourth-order valence-corrected chi connectivity index (χ4v) is 5.13. The number of benzene rings is 1. The maximum Gasteiger partial charge on any atom is 0.199 e. The van der Waals surface area contributed by atoms with Crippen molar-refractivity contribution in [1.82, 2.24) is 19.9 Å². The normalized spacial score (nSPS) is 26.6. The summed E-state index contributed by atoms with van der Waals surface area (Å²) in [5, 5.41) is 0.655. The number of piperidine rings is 1. The van der Waals surface area contributed by atoms with Gasteiger partial charge in [0.05, 0.1) is 0 Å². The first kappa shape index (κ1) is 21.0. The van der Waals surface area contributed by atoms with Gasteiger partial charge in [-0.05, 0) is 57.4 Å². The second-order valence-corrected chi connectivity index (χ2v) is 9.35. The van der Waals surface area contributed by atoms with Gasteiger partial charge in [-0.25, -0.2) is 15.0 Å². The van der Waals surface area contributed by atoms with Crippen molar-refractivity contribution in [2.24, 2.45) is 0 Å². The average molecular weight is 449 g/mol. The molecule has 3 atom stereocenters. The molecule has 2 aromatic heterocycles. The number of fused-ring (bicyclic) bond motifs is 1. The molecule has 0 amide bonds. The molecule has 7 heteroatoms. The molecule has 0 saturated carbocycles. The zero-order valence-electron chi connectivity index (χ0n) is 18.2. The number of nitrogens with zero attached hydrogens (tertiary/aromatic N) is 4.